The van der Waals surface area contributed by atoms with E-state index in [2.05, 4.69) is 10.6 Å². The third-order valence-corrected chi connectivity index (χ3v) is 4.32. The van der Waals surface area contributed by atoms with Crippen molar-refractivity contribution in [1.82, 2.24) is 0 Å². The first-order chi connectivity index (χ1) is 10.9. The van der Waals surface area contributed by atoms with Crippen LogP contribution >= 0.6 is 11.3 Å². The molecule has 0 atom stereocenters. The van der Waals surface area contributed by atoms with E-state index in [1.165, 1.54) is 18.3 Å². The average molecular weight is 330 g/mol. The van der Waals surface area contributed by atoms with Gasteiger partial charge in [-0.1, -0.05) is 6.92 Å². The Morgan fingerprint density at radius 2 is 1.87 bits per heavy atom. The smallest absolute Gasteiger partial charge is 0.256 e. The molecule has 0 spiro atoms. The predicted octanol–water partition coefficient (Wildman–Crippen LogP) is 3.86. The van der Waals surface area contributed by atoms with Crippen molar-refractivity contribution in [3.8, 4) is 0 Å². The van der Waals surface area contributed by atoms with Gasteiger partial charge in [-0.25, -0.2) is 0 Å². The molecule has 0 radical (unpaired) electrons. The SMILES string of the molecule is CCC(=O)Nc1ccc(NC(=O)c2csc(C(C)=O)c2)c(C)c1. The number of nitrogens with one attached hydrogen (secondary N) is 2. The summed E-state index contributed by atoms with van der Waals surface area (Å²) < 4.78 is 0. The third kappa shape index (κ3) is 4.26. The number of amides is 2. The molecule has 0 unspecified atom stereocenters. The molecule has 1 aromatic carbocycles. The lowest BCUT2D eigenvalue weighted by molar-refractivity contribution is -0.115. The Bertz CT molecular complexity index is 765. The van der Waals surface area contributed by atoms with Gasteiger partial charge in [0, 0.05) is 23.2 Å². The highest BCUT2D eigenvalue weighted by Crippen LogP contribution is 2.22. The predicted molar refractivity (Wildman–Crippen MR) is 92.4 cm³/mol. The van der Waals surface area contributed by atoms with Gasteiger partial charge in [-0.2, -0.15) is 0 Å². The minimum atomic E-state index is -0.262. The monoisotopic (exact) mass is 330 g/mol. The van der Waals surface area contributed by atoms with Crippen LogP contribution in [0.25, 0.3) is 0 Å². The molecule has 0 saturated carbocycles. The van der Waals surface area contributed by atoms with E-state index in [0.29, 0.717) is 28.2 Å². The summed E-state index contributed by atoms with van der Waals surface area (Å²) in [5.41, 5.74) is 2.67. The second-order valence-electron chi connectivity index (χ2n) is 5.14. The van der Waals surface area contributed by atoms with E-state index in [1.54, 1.807) is 36.6 Å². The van der Waals surface area contributed by atoms with Crippen LogP contribution in [-0.2, 0) is 4.79 Å². The van der Waals surface area contributed by atoms with Crippen LogP contribution in [0.2, 0.25) is 0 Å². The Morgan fingerprint density at radius 3 is 2.43 bits per heavy atom. The van der Waals surface area contributed by atoms with Gasteiger partial charge in [0.15, 0.2) is 5.78 Å². The van der Waals surface area contributed by atoms with E-state index in [-0.39, 0.29) is 17.6 Å². The lowest BCUT2D eigenvalue weighted by Gasteiger charge is -2.10. The Labute approximate surface area is 138 Å². The van der Waals surface area contributed by atoms with Crippen molar-refractivity contribution in [3.63, 3.8) is 0 Å². The van der Waals surface area contributed by atoms with Crippen LogP contribution in [0.5, 0.6) is 0 Å². The molecule has 0 bridgehead atoms. The van der Waals surface area contributed by atoms with Crippen molar-refractivity contribution in [1.29, 1.82) is 0 Å². The summed E-state index contributed by atoms with van der Waals surface area (Å²) in [6, 6.07) is 6.88. The van der Waals surface area contributed by atoms with E-state index in [4.69, 9.17) is 0 Å². The Balaban J connectivity index is 2.11. The van der Waals surface area contributed by atoms with Crippen molar-refractivity contribution in [2.75, 3.05) is 10.6 Å². The summed E-state index contributed by atoms with van der Waals surface area (Å²) >= 11 is 1.25. The van der Waals surface area contributed by atoms with Crippen molar-refractivity contribution >= 4 is 40.3 Å². The largest absolute Gasteiger partial charge is 0.326 e. The maximum absolute atomic E-state index is 12.2. The van der Waals surface area contributed by atoms with Crippen LogP contribution in [-0.4, -0.2) is 17.6 Å². The maximum Gasteiger partial charge on any atom is 0.256 e. The second kappa shape index (κ2) is 7.19. The van der Waals surface area contributed by atoms with Crippen LogP contribution in [0, 0.1) is 6.92 Å². The number of anilines is 2. The molecular formula is C17H18N2O3S. The second-order valence-corrected chi connectivity index (χ2v) is 6.05. The number of Topliss-reactive ketones (excluding diaryl/α,β-unsaturated/α-hetero) is 1. The van der Waals surface area contributed by atoms with Crippen molar-refractivity contribution < 1.29 is 14.4 Å². The number of benzene rings is 1. The minimum absolute atomic E-state index is 0.0544. The summed E-state index contributed by atoms with van der Waals surface area (Å²) in [6.45, 7) is 5.11. The van der Waals surface area contributed by atoms with Crippen LogP contribution in [0.15, 0.2) is 29.6 Å². The summed E-state index contributed by atoms with van der Waals surface area (Å²) in [4.78, 5) is 35.5. The zero-order valence-electron chi connectivity index (χ0n) is 13.2. The molecule has 0 aliphatic rings. The first-order valence-electron chi connectivity index (χ1n) is 7.22. The molecule has 2 N–H and O–H groups in total. The highest BCUT2D eigenvalue weighted by molar-refractivity contribution is 7.12. The van der Waals surface area contributed by atoms with Crippen LogP contribution in [0.1, 0.15) is 45.9 Å². The maximum atomic E-state index is 12.2. The number of carbonyl (C=O) groups excluding carboxylic acids is 3. The van der Waals surface area contributed by atoms with Gasteiger partial charge in [0.05, 0.1) is 10.4 Å². The number of hydrogen-bond acceptors (Lipinski definition) is 4. The minimum Gasteiger partial charge on any atom is -0.326 e. The van der Waals surface area contributed by atoms with Crippen LogP contribution < -0.4 is 10.6 Å². The zero-order chi connectivity index (χ0) is 17.0. The number of thiophene rings is 1. The van der Waals surface area contributed by atoms with Gasteiger partial charge in [-0.3, -0.25) is 14.4 Å². The topological polar surface area (TPSA) is 75.3 Å². The molecule has 2 amide bonds. The molecule has 0 fully saturated rings. The highest BCUT2D eigenvalue weighted by Gasteiger charge is 2.12. The molecule has 120 valence electrons. The summed E-state index contributed by atoms with van der Waals surface area (Å²) in [7, 11) is 0. The van der Waals surface area contributed by atoms with Gasteiger partial charge in [0.2, 0.25) is 5.91 Å². The van der Waals surface area contributed by atoms with Gasteiger partial charge in [0.1, 0.15) is 0 Å². The number of carbonyl (C=O) groups is 3. The van der Waals surface area contributed by atoms with Gasteiger partial charge < -0.3 is 10.6 Å². The van der Waals surface area contributed by atoms with E-state index in [0.717, 1.165) is 5.56 Å². The van der Waals surface area contributed by atoms with Crippen molar-refractivity contribution in [3.05, 3.63) is 45.6 Å². The highest BCUT2D eigenvalue weighted by atomic mass is 32.1. The van der Waals surface area contributed by atoms with Crippen LogP contribution in [0.4, 0.5) is 11.4 Å². The lowest BCUT2D eigenvalue weighted by Crippen LogP contribution is -2.13. The van der Waals surface area contributed by atoms with E-state index in [1.807, 2.05) is 6.92 Å². The summed E-state index contributed by atoms with van der Waals surface area (Å²) in [5, 5.41) is 7.25. The molecule has 1 aromatic heterocycles. The lowest BCUT2D eigenvalue weighted by atomic mass is 10.1. The number of hydrogen-bond donors (Lipinski definition) is 2. The molecule has 0 aliphatic carbocycles. The van der Waals surface area contributed by atoms with Gasteiger partial charge in [0.25, 0.3) is 5.91 Å². The molecule has 6 heteroatoms. The molecule has 2 aromatic rings. The van der Waals surface area contributed by atoms with Gasteiger partial charge in [-0.05, 0) is 43.7 Å². The molecule has 0 saturated heterocycles. The Morgan fingerprint density at radius 1 is 1.13 bits per heavy atom. The number of rotatable bonds is 5. The molecule has 23 heavy (non-hydrogen) atoms. The Hall–Kier alpha value is -2.47. The number of ketones is 1. The fourth-order valence-corrected chi connectivity index (χ4v) is 2.76. The first-order valence-corrected chi connectivity index (χ1v) is 8.10. The van der Waals surface area contributed by atoms with Crippen molar-refractivity contribution in [2.45, 2.75) is 27.2 Å². The van der Waals surface area contributed by atoms with Gasteiger partial charge in [-0.15, -0.1) is 11.3 Å². The molecular weight excluding hydrogens is 312 g/mol. The summed E-state index contributed by atoms with van der Waals surface area (Å²) in [6.07, 6.45) is 0.411. The Kier molecular flexibility index (Phi) is 5.28. The van der Waals surface area contributed by atoms with Crippen LogP contribution in [0.3, 0.4) is 0 Å². The average Bonchev–Trinajstić information content (AvgIpc) is 3.00. The van der Waals surface area contributed by atoms with Gasteiger partial charge >= 0.3 is 0 Å². The molecule has 1 heterocycles. The van der Waals surface area contributed by atoms with E-state index < -0.39 is 0 Å². The third-order valence-electron chi connectivity index (χ3n) is 3.29. The zero-order valence-corrected chi connectivity index (χ0v) is 14.0. The molecule has 2 rings (SSSR count). The molecule has 0 aliphatic heterocycles. The molecule has 5 nitrogen and oxygen atoms in total. The van der Waals surface area contributed by atoms with Crippen molar-refractivity contribution in [2.24, 2.45) is 0 Å². The fourth-order valence-electron chi connectivity index (χ4n) is 1.97. The fraction of sp³-hybridized carbons (Fsp3) is 0.235. The standard InChI is InChI=1S/C17H18N2O3S/c1-4-16(21)18-13-5-6-14(10(2)7-13)19-17(22)12-8-15(11(3)20)23-9-12/h5-9H,4H2,1-3H3,(H,18,21)(H,19,22). The summed E-state index contributed by atoms with van der Waals surface area (Å²) in [5.74, 6) is -0.375. The van der Waals surface area contributed by atoms with E-state index >= 15 is 0 Å². The normalized spacial score (nSPS) is 10.2. The first kappa shape index (κ1) is 16.9. The quantitative estimate of drug-likeness (QED) is 0.817. The number of aryl methyl sites for hydroxylation is 1. The van der Waals surface area contributed by atoms with E-state index in [9.17, 15) is 14.4 Å².